The maximum atomic E-state index is 11.9. The minimum atomic E-state index is -0.157. The zero-order valence-corrected chi connectivity index (χ0v) is 12.1. The van der Waals surface area contributed by atoms with Gasteiger partial charge < -0.3 is 16.0 Å². The van der Waals surface area contributed by atoms with Gasteiger partial charge in [-0.05, 0) is 25.8 Å². The minimum Gasteiger partial charge on any atom is -0.356 e. The Kier molecular flexibility index (Phi) is 6.58. The molecule has 0 bridgehead atoms. The molecule has 2 rings (SSSR count). The first-order chi connectivity index (χ1) is 8.72. The van der Waals surface area contributed by atoms with E-state index < -0.39 is 0 Å². The smallest absolute Gasteiger partial charge is 0.225 e. The van der Waals surface area contributed by atoms with E-state index in [1.54, 1.807) is 0 Å². The van der Waals surface area contributed by atoms with E-state index in [4.69, 9.17) is 5.73 Å². The lowest BCUT2D eigenvalue weighted by atomic mass is 10.1. The summed E-state index contributed by atoms with van der Waals surface area (Å²) < 4.78 is 0. The molecule has 6 heteroatoms. The number of hydrogen-bond acceptors (Lipinski definition) is 3. The van der Waals surface area contributed by atoms with Crippen molar-refractivity contribution >= 4 is 24.2 Å². The number of rotatable bonds is 5. The lowest BCUT2D eigenvalue weighted by molar-refractivity contribution is -0.130. The highest BCUT2D eigenvalue weighted by Crippen LogP contribution is 2.29. The fourth-order valence-corrected chi connectivity index (χ4v) is 2.93. The first-order valence-electron chi connectivity index (χ1n) is 6.99. The maximum absolute atomic E-state index is 11.9. The van der Waals surface area contributed by atoms with Crippen molar-refractivity contribution in [3.05, 3.63) is 0 Å². The van der Waals surface area contributed by atoms with Gasteiger partial charge in [-0.1, -0.05) is 12.8 Å². The van der Waals surface area contributed by atoms with Gasteiger partial charge in [0.1, 0.15) is 0 Å². The predicted octanol–water partition coefficient (Wildman–Crippen LogP) is 0.664. The van der Waals surface area contributed by atoms with Gasteiger partial charge in [0, 0.05) is 25.6 Å². The predicted molar refractivity (Wildman–Crippen MR) is 76.0 cm³/mol. The molecule has 110 valence electrons. The van der Waals surface area contributed by atoms with E-state index in [2.05, 4.69) is 5.32 Å². The summed E-state index contributed by atoms with van der Waals surface area (Å²) in [5, 5.41) is 2.86. The Morgan fingerprint density at radius 2 is 2.05 bits per heavy atom. The second kappa shape index (κ2) is 7.70. The summed E-state index contributed by atoms with van der Waals surface area (Å²) in [6.45, 7) is 1.81. The summed E-state index contributed by atoms with van der Waals surface area (Å²) in [7, 11) is 0. The van der Waals surface area contributed by atoms with E-state index >= 15 is 0 Å². The molecule has 19 heavy (non-hydrogen) atoms. The summed E-state index contributed by atoms with van der Waals surface area (Å²) in [6, 6.07) is 0.388. The number of likely N-dealkylation sites (tertiary alicyclic amines) is 1. The van der Waals surface area contributed by atoms with Gasteiger partial charge in [0.05, 0.1) is 5.92 Å². The molecule has 1 unspecified atom stereocenters. The van der Waals surface area contributed by atoms with Crippen LogP contribution in [0.25, 0.3) is 0 Å². The molecule has 0 spiro atoms. The Balaban J connectivity index is 0.00000180. The number of nitrogens with two attached hydrogens (primary N) is 1. The van der Waals surface area contributed by atoms with Gasteiger partial charge in [0.15, 0.2) is 0 Å². The summed E-state index contributed by atoms with van der Waals surface area (Å²) in [6.07, 6.45) is 5.80. The molecule has 3 N–H and O–H groups in total. The lowest BCUT2D eigenvalue weighted by Gasteiger charge is -2.23. The van der Waals surface area contributed by atoms with Gasteiger partial charge in [-0.3, -0.25) is 9.59 Å². The molecule has 1 saturated heterocycles. The van der Waals surface area contributed by atoms with Crippen molar-refractivity contribution in [2.24, 2.45) is 11.7 Å². The van der Waals surface area contributed by atoms with E-state index in [1.807, 2.05) is 4.90 Å². The van der Waals surface area contributed by atoms with Gasteiger partial charge >= 0.3 is 0 Å². The molecule has 1 aliphatic heterocycles. The number of amides is 2. The van der Waals surface area contributed by atoms with Gasteiger partial charge in [-0.2, -0.15) is 0 Å². The molecule has 0 aromatic carbocycles. The molecule has 2 fully saturated rings. The molecule has 2 amide bonds. The Hall–Kier alpha value is -0.810. The standard InChI is InChI=1S/C13H23N3O2.ClH/c14-6-3-7-15-13(18)10-8-12(17)16(9-10)11-4-1-2-5-11;/h10-11H,1-9,14H2,(H,15,18);1H. The topological polar surface area (TPSA) is 75.4 Å². The molecular formula is C13H24ClN3O2. The quantitative estimate of drug-likeness (QED) is 0.730. The van der Waals surface area contributed by atoms with Crippen molar-refractivity contribution in [1.82, 2.24) is 10.2 Å². The molecule has 0 aromatic rings. The molecule has 1 aliphatic carbocycles. The van der Waals surface area contributed by atoms with Gasteiger partial charge in [-0.15, -0.1) is 12.4 Å². The Morgan fingerprint density at radius 1 is 1.37 bits per heavy atom. The Bertz CT molecular complexity index is 319. The Morgan fingerprint density at radius 3 is 2.68 bits per heavy atom. The van der Waals surface area contributed by atoms with Crippen LogP contribution in [0.2, 0.25) is 0 Å². The van der Waals surface area contributed by atoms with Crippen LogP contribution in [0.1, 0.15) is 38.5 Å². The van der Waals surface area contributed by atoms with Crippen molar-refractivity contribution in [2.45, 2.75) is 44.6 Å². The number of halogens is 1. The van der Waals surface area contributed by atoms with E-state index in [-0.39, 0.29) is 30.1 Å². The van der Waals surface area contributed by atoms with E-state index in [1.165, 1.54) is 12.8 Å². The van der Waals surface area contributed by atoms with Gasteiger partial charge in [0.2, 0.25) is 11.8 Å². The normalized spacial score (nSPS) is 23.5. The summed E-state index contributed by atoms with van der Waals surface area (Å²) in [4.78, 5) is 25.8. The van der Waals surface area contributed by atoms with Crippen LogP contribution in [0, 0.1) is 5.92 Å². The highest BCUT2D eigenvalue weighted by Gasteiger charge is 2.38. The van der Waals surface area contributed by atoms with Crippen molar-refractivity contribution in [1.29, 1.82) is 0 Å². The van der Waals surface area contributed by atoms with E-state index in [9.17, 15) is 9.59 Å². The molecule has 0 radical (unpaired) electrons. The zero-order chi connectivity index (χ0) is 13.0. The minimum absolute atomic E-state index is 0. The fourth-order valence-electron chi connectivity index (χ4n) is 2.93. The zero-order valence-electron chi connectivity index (χ0n) is 11.3. The highest BCUT2D eigenvalue weighted by molar-refractivity contribution is 5.89. The van der Waals surface area contributed by atoms with Crippen LogP contribution in [-0.2, 0) is 9.59 Å². The van der Waals surface area contributed by atoms with Gasteiger partial charge in [0.25, 0.3) is 0 Å². The molecule has 5 nitrogen and oxygen atoms in total. The molecule has 2 aliphatic rings. The van der Waals surface area contributed by atoms with Crippen LogP contribution >= 0.6 is 12.4 Å². The summed E-state index contributed by atoms with van der Waals surface area (Å²) >= 11 is 0. The van der Waals surface area contributed by atoms with Crippen LogP contribution in [0.4, 0.5) is 0 Å². The lowest BCUT2D eigenvalue weighted by Crippen LogP contribution is -2.37. The average Bonchev–Trinajstić information content (AvgIpc) is 2.97. The first-order valence-corrected chi connectivity index (χ1v) is 6.99. The third-order valence-electron chi connectivity index (χ3n) is 3.97. The second-order valence-electron chi connectivity index (χ2n) is 5.32. The largest absolute Gasteiger partial charge is 0.356 e. The molecule has 1 atom stereocenters. The number of hydrogen-bond donors (Lipinski definition) is 2. The van der Waals surface area contributed by atoms with Crippen molar-refractivity contribution in [3.8, 4) is 0 Å². The highest BCUT2D eigenvalue weighted by atomic mass is 35.5. The van der Waals surface area contributed by atoms with Crippen LogP contribution in [0.15, 0.2) is 0 Å². The number of carbonyl (C=O) groups excluding carboxylic acids is 2. The number of nitrogens with zero attached hydrogens (tertiary/aromatic N) is 1. The van der Waals surface area contributed by atoms with Crippen LogP contribution in [-0.4, -0.2) is 42.4 Å². The SMILES string of the molecule is Cl.NCCCNC(=O)C1CC(=O)N(C2CCCC2)C1. The van der Waals surface area contributed by atoms with Crippen LogP contribution in [0.5, 0.6) is 0 Å². The number of nitrogens with one attached hydrogen (secondary N) is 1. The molecular weight excluding hydrogens is 266 g/mol. The maximum Gasteiger partial charge on any atom is 0.225 e. The molecule has 1 heterocycles. The number of carbonyl (C=O) groups is 2. The van der Waals surface area contributed by atoms with Crippen LogP contribution in [0.3, 0.4) is 0 Å². The third kappa shape index (κ3) is 4.08. The molecule has 0 aromatic heterocycles. The van der Waals surface area contributed by atoms with Crippen molar-refractivity contribution in [3.63, 3.8) is 0 Å². The van der Waals surface area contributed by atoms with Gasteiger partial charge in [-0.25, -0.2) is 0 Å². The summed E-state index contributed by atoms with van der Waals surface area (Å²) in [5.41, 5.74) is 5.38. The average molecular weight is 290 g/mol. The fraction of sp³-hybridized carbons (Fsp3) is 0.846. The first kappa shape index (κ1) is 16.2. The van der Waals surface area contributed by atoms with Crippen molar-refractivity contribution < 1.29 is 9.59 Å². The van der Waals surface area contributed by atoms with E-state index in [0.29, 0.717) is 32.1 Å². The monoisotopic (exact) mass is 289 g/mol. The van der Waals surface area contributed by atoms with Crippen molar-refractivity contribution in [2.75, 3.05) is 19.6 Å². The molecule has 1 saturated carbocycles. The second-order valence-corrected chi connectivity index (χ2v) is 5.32. The van der Waals surface area contributed by atoms with E-state index in [0.717, 1.165) is 19.3 Å². The summed E-state index contributed by atoms with van der Waals surface area (Å²) in [5.74, 6) is 0.00838. The van der Waals surface area contributed by atoms with Crippen LogP contribution < -0.4 is 11.1 Å². The Labute approximate surface area is 120 Å². The third-order valence-corrected chi connectivity index (χ3v) is 3.97.